The number of halogens is 1. The lowest BCUT2D eigenvalue weighted by atomic mass is 9.92. The molecule has 1 heterocycles. The lowest BCUT2D eigenvalue weighted by molar-refractivity contribution is -0.387. The molecule has 1 aromatic rings. The first-order chi connectivity index (χ1) is 9.90. The molecule has 0 aromatic heterocycles. The number of carbonyl (C=O) groups excluding carboxylic acids is 1. The van der Waals surface area contributed by atoms with Gasteiger partial charge in [0.2, 0.25) is 5.82 Å². The van der Waals surface area contributed by atoms with Gasteiger partial charge in [-0.1, -0.05) is 0 Å². The zero-order chi connectivity index (χ0) is 15.6. The Morgan fingerprint density at radius 1 is 1.48 bits per heavy atom. The van der Waals surface area contributed by atoms with Crippen molar-refractivity contribution in [1.82, 2.24) is 4.90 Å². The summed E-state index contributed by atoms with van der Waals surface area (Å²) in [5.74, 6) is -1.14. The fraction of sp³-hybridized carbons (Fsp3) is 0.500. The van der Waals surface area contributed by atoms with Crippen LogP contribution in [0.1, 0.15) is 30.1 Å². The van der Waals surface area contributed by atoms with E-state index in [4.69, 9.17) is 0 Å². The minimum Gasteiger partial charge on any atom is -0.393 e. The predicted molar refractivity (Wildman–Crippen MR) is 73.4 cm³/mol. The van der Waals surface area contributed by atoms with Crippen LogP contribution >= 0.6 is 0 Å². The lowest BCUT2D eigenvalue weighted by Gasteiger charge is -2.33. The number of nitro benzene ring substituents is 1. The van der Waals surface area contributed by atoms with Gasteiger partial charge in [0, 0.05) is 24.7 Å². The smallest absolute Gasteiger partial charge is 0.305 e. The fourth-order valence-electron chi connectivity index (χ4n) is 2.55. The van der Waals surface area contributed by atoms with E-state index in [0.29, 0.717) is 25.9 Å². The monoisotopic (exact) mass is 296 g/mol. The highest BCUT2D eigenvalue weighted by molar-refractivity contribution is 5.94. The maximum Gasteiger partial charge on any atom is 0.305 e. The molecule has 0 radical (unpaired) electrons. The number of likely N-dealkylation sites (tertiary alicyclic amines) is 1. The van der Waals surface area contributed by atoms with Gasteiger partial charge in [-0.3, -0.25) is 14.9 Å². The molecule has 1 unspecified atom stereocenters. The van der Waals surface area contributed by atoms with E-state index in [1.807, 2.05) is 0 Å². The summed E-state index contributed by atoms with van der Waals surface area (Å²) in [6, 6.07) is 3.16. The highest BCUT2D eigenvalue weighted by Crippen LogP contribution is 2.24. The number of carbonyl (C=O) groups is 1. The molecular formula is C14H17FN2O4. The molecule has 1 aromatic carbocycles. The Bertz CT molecular complexity index is 554. The molecule has 21 heavy (non-hydrogen) atoms. The first-order valence-electron chi connectivity index (χ1n) is 6.81. The average molecular weight is 296 g/mol. The van der Waals surface area contributed by atoms with Crippen LogP contribution in [0, 0.1) is 21.8 Å². The molecule has 114 valence electrons. The standard InChI is InChI=1S/C14H17FN2O4/c1-9(18)10-4-6-16(7-5-10)14(19)11-2-3-12(15)13(8-11)17(20)21/h2-3,8-10,18H,4-7H2,1H3. The maximum absolute atomic E-state index is 13.3. The summed E-state index contributed by atoms with van der Waals surface area (Å²) in [7, 11) is 0. The molecule has 1 fully saturated rings. The summed E-state index contributed by atoms with van der Waals surface area (Å²) >= 11 is 0. The molecule has 1 amide bonds. The SMILES string of the molecule is CC(O)C1CCN(C(=O)c2ccc(F)c([N+](=O)[O-])c2)CC1. The molecule has 1 aliphatic heterocycles. The first kappa shape index (κ1) is 15.4. The number of nitro groups is 1. The van der Waals surface area contributed by atoms with Crippen molar-refractivity contribution in [3.63, 3.8) is 0 Å². The van der Waals surface area contributed by atoms with Crippen LogP contribution in [0.4, 0.5) is 10.1 Å². The van der Waals surface area contributed by atoms with Crippen LogP contribution in [0.5, 0.6) is 0 Å². The van der Waals surface area contributed by atoms with Crippen molar-refractivity contribution in [3.05, 3.63) is 39.7 Å². The van der Waals surface area contributed by atoms with Gasteiger partial charge >= 0.3 is 5.69 Å². The van der Waals surface area contributed by atoms with E-state index in [9.17, 15) is 24.4 Å². The minimum atomic E-state index is -0.954. The Hall–Kier alpha value is -2.02. The zero-order valence-electron chi connectivity index (χ0n) is 11.7. The molecule has 1 N–H and O–H groups in total. The van der Waals surface area contributed by atoms with E-state index < -0.39 is 22.5 Å². The van der Waals surface area contributed by atoms with Gasteiger partial charge in [0.15, 0.2) is 0 Å². The van der Waals surface area contributed by atoms with Gasteiger partial charge in [0.05, 0.1) is 11.0 Å². The number of rotatable bonds is 3. The van der Waals surface area contributed by atoms with Crippen LogP contribution in [-0.4, -0.2) is 40.0 Å². The fourth-order valence-corrected chi connectivity index (χ4v) is 2.55. The van der Waals surface area contributed by atoms with Gasteiger partial charge in [0.25, 0.3) is 5.91 Å². The van der Waals surface area contributed by atoms with Gasteiger partial charge in [-0.05, 0) is 37.8 Å². The normalized spacial score (nSPS) is 17.6. The second-order valence-corrected chi connectivity index (χ2v) is 5.29. The average Bonchev–Trinajstić information content (AvgIpc) is 2.46. The third-order valence-corrected chi connectivity index (χ3v) is 3.90. The number of hydrogen-bond acceptors (Lipinski definition) is 4. The van der Waals surface area contributed by atoms with Crippen LogP contribution in [0.2, 0.25) is 0 Å². The Kier molecular flexibility index (Phi) is 4.52. The quantitative estimate of drug-likeness (QED) is 0.682. The first-order valence-corrected chi connectivity index (χ1v) is 6.81. The van der Waals surface area contributed by atoms with Crippen molar-refractivity contribution >= 4 is 11.6 Å². The number of hydrogen-bond donors (Lipinski definition) is 1. The highest BCUT2D eigenvalue weighted by Gasteiger charge is 2.27. The number of nitrogens with zero attached hydrogens (tertiary/aromatic N) is 2. The van der Waals surface area contributed by atoms with Crippen LogP contribution in [-0.2, 0) is 0 Å². The molecular weight excluding hydrogens is 279 g/mol. The van der Waals surface area contributed by atoms with Gasteiger partial charge in [-0.2, -0.15) is 4.39 Å². The zero-order valence-corrected chi connectivity index (χ0v) is 11.7. The van der Waals surface area contributed by atoms with Crippen LogP contribution < -0.4 is 0 Å². The van der Waals surface area contributed by atoms with Gasteiger partial charge in [-0.25, -0.2) is 0 Å². The number of amides is 1. The number of piperidine rings is 1. The molecule has 1 aliphatic rings. The summed E-state index contributed by atoms with van der Waals surface area (Å²) in [6.07, 6.45) is 0.966. The molecule has 2 rings (SSSR count). The largest absolute Gasteiger partial charge is 0.393 e. The number of benzene rings is 1. The van der Waals surface area contributed by atoms with Crippen LogP contribution in [0.3, 0.4) is 0 Å². The van der Waals surface area contributed by atoms with Gasteiger partial charge in [0.1, 0.15) is 0 Å². The van der Waals surface area contributed by atoms with E-state index in [1.165, 1.54) is 6.07 Å². The van der Waals surface area contributed by atoms with Crippen molar-refractivity contribution in [1.29, 1.82) is 0 Å². The van der Waals surface area contributed by atoms with Gasteiger partial charge in [-0.15, -0.1) is 0 Å². The Morgan fingerprint density at radius 3 is 2.62 bits per heavy atom. The molecule has 0 bridgehead atoms. The van der Waals surface area contributed by atoms with E-state index >= 15 is 0 Å². The van der Waals surface area contributed by atoms with E-state index in [-0.39, 0.29) is 17.4 Å². The molecule has 6 nitrogen and oxygen atoms in total. The van der Waals surface area contributed by atoms with E-state index in [1.54, 1.807) is 11.8 Å². The van der Waals surface area contributed by atoms with E-state index in [2.05, 4.69) is 0 Å². The lowest BCUT2D eigenvalue weighted by Crippen LogP contribution is -2.40. The summed E-state index contributed by atoms with van der Waals surface area (Å²) in [4.78, 5) is 23.7. The van der Waals surface area contributed by atoms with Crippen molar-refractivity contribution in [2.24, 2.45) is 5.92 Å². The van der Waals surface area contributed by atoms with Crippen LogP contribution in [0.15, 0.2) is 18.2 Å². The third-order valence-electron chi connectivity index (χ3n) is 3.90. The summed E-state index contributed by atoms with van der Waals surface area (Å²) in [6.45, 7) is 2.70. The summed E-state index contributed by atoms with van der Waals surface area (Å²) in [5, 5.41) is 20.2. The van der Waals surface area contributed by atoms with Gasteiger partial charge < -0.3 is 10.0 Å². The van der Waals surface area contributed by atoms with Crippen molar-refractivity contribution in [3.8, 4) is 0 Å². The number of aliphatic hydroxyl groups is 1. The molecule has 0 spiro atoms. The summed E-state index contributed by atoms with van der Waals surface area (Å²) < 4.78 is 13.3. The minimum absolute atomic E-state index is 0.110. The topological polar surface area (TPSA) is 83.7 Å². The predicted octanol–water partition coefficient (Wildman–Crippen LogP) is 1.97. The molecule has 1 atom stereocenters. The Labute approximate surface area is 121 Å². The van der Waals surface area contributed by atoms with Crippen molar-refractivity contribution in [2.75, 3.05) is 13.1 Å². The molecule has 7 heteroatoms. The van der Waals surface area contributed by atoms with E-state index in [0.717, 1.165) is 12.1 Å². The third kappa shape index (κ3) is 3.36. The number of aliphatic hydroxyl groups excluding tert-OH is 1. The summed E-state index contributed by atoms with van der Waals surface area (Å²) in [5.41, 5.74) is -0.585. The van der Waals surface area contributed by atoms with Crippen molar-refractivity contribution < 1.29 is 19.2 Å². The van der Waals surface area contributed by atoms with Crippen LogP contribution in [0.25, 0.3) is 0 Å². The molecule has 0 aliphatic carbocycles. The second kappa shape index (κ2) is 6.17. The molecule has 1 saturated heterocycles. The molecule has 0 saturated carbocycles. The highest BCUT2D eigenvalue weighted by atomic mass is 19.1. The van der Waals surface area contributed by atoms with Crippen molar-refractivity contribution in [2.45, 2.75) is 25.9 Å². The maximum atomic E-state index is 13.3. The second-order valence-electron chi connectivity index (χ2n) is 5.29. The Balaban J connectivity index is 2.11. The Morgan fingerprint density at radius 2 is 2.10 bits per heavy atom.